The van der Waals surface area contributed by atoms with E-state index in [0.717, 1.165) is 27.8 Å². The van der Waals surface area contributed by atoms with Crippen LogP contribution in [0.1, 0.15) is 22.7 Å². The van der Waals surface area contributed by atoms with Gasteiger partial charge in [-0.3, -0.25) is 4.79 Å². The van der Waals surface area contributed by atoms with Crippen molar-refractivity contribution in [3.05, 3.63) is 75.6 Å². The maximum absolute atomic E-state index is 12.3. The Balaban J connectivity index is 2.16. The Morgan fingerprint density at radius 1 is 1.09 bits per heavy atom. The van der Waals surface area contributed by atoms with Crippen molar-refractivity contribution in [1.29, 1.82) is 0 Å². The van der Waals surface area contributed by atoms with E-state index in [9.17, 15) is 4.79 Å². The van der Waals surface area contributed by atoms with E-state index in [1.807, 2.05) is 55.5 Å². The molecule has 2 aromatic carbocycles. The summed E-state index contributed by atoms with van der Waals surface area (Å²) in [4.78, 5) is 15.2. The highest BCUT2D eigenvalue weighted by molar-refractivity contribution is 5.80. The predicted octanol–water partition coefficient (Wildman–Crippen LogP) is 2.89. The highest BCUT2D eigenvalue weighted by Gasteiger charge is 2.15. The van der Waals surface area contributed by atoms with E-state index in [1.54, 1.807) is 7.11 Å². The van der Waals surface area contributed by atoms with Gasteiger partial charge >= 0.3 is 0 Å². The fourth-order valence-corrected chi connectivity index (χ4v) is 2.66. The minimum Gasteiger partial charge on any atom is -0.497 e. The zero-order valence-corrected chi connectivity index (χ0v) is 12.6. The number of aromatic amines is 1. The molecule has 0 fully saturated rings. The quantitative estimate of drug-likeness (QED) is 0.780. The molecule has 22 heavy (non-hydrogen) atoms. The highest BCUT2D eigenvalue weighted by atomic mass is 16.5. The number of hydrogen-bond donors (Lipinski definition) is 2. The summed E-state index contributed by atoms with van der Waals surface area (Å²) in [5.74, 6) is 0.745. The van der Waals surface area contributed by atoms with Crippen LogP contribution in [0.2, 0.25) is 0 Å². The second-order valence-electron chi connectivity index (χ2n) is 5.34. The monoisotopic (exact) mass is 294 g/mol. The third-order valence-corrected chi connectivity index (χ3v) is 3.94. The van der Waals surface area contributed by atoms with Crippen LogP contribution in [0.3, 0.4) is 0 Å². The molecule has 0 spiro atoms. The smallest absolute Gasteiger partial charge is 0.253 e. The molecule has 4 nitrogen and oxygen atoms in total. The van der Waals surface area contributed by atoms with Crippen LogP contribution in [-0.4, -0.2) is 12.1 Å². The standard InChI is InChI=1S/C18H18N2O2/c1-11-5-3-4-6-14(11)17(19)15-10-12-9-13(22-2)7-8-16(12)20-18(15)21/h3-10,17H,19H2,1-2H3,(H,20,21). The summed E-state index contributed by atoms with van der Waals surface area (Å²) in [6.45, 7) is 1.99. The van der Waals surface area contributed by atoms with Crippen LogP contribution in [0.4, 0.5) is 0 Å². The van der Waals surface area contributed by atoms with E-state index in [4.69, 9.17) is 10.5 Å². The first-order chi connectivity index (χ1) is 10.6. The number of nitrogens with two attached hydrogens (primary N) is 1. The van der Waals surface area contributed by atoms with Gasteiger partial charge in [0.05, 0.1) is 13.2 Å². The molecule has 0 aliphatic heterocycles. The lowest BCUT2D eigenvalue weighted by Gasteiger charge is -2.15. The van der Waals surface area contributed by atoms with E-state index in [0.29, 0.717) is 5.56 Å². The van der Waals surface area contributed by atoms with Crippen LogP contribution in [-0.2, 0) is 0 Å². The maximum atomic E-state index is 12.3. The molecule has 0 saturated heterocycles. The Morgan fingerprint density at radius 3 is 2.59 bits per heavy atom. The zero-order valence-electron chi connectivity index (χ0n) is 12.6. The van der Waals surface area contributed by atoms with Crippen LogP contribution >= 0.6 is 0 Å². The lowest BCUT2D eigenvalue weighted by Crippen LogP contribution is -2.23. The minimum atomic E-state index is -0.458. The van der Waals surface area contributed by atoms with Gasteiger partial charge in [0.25, 0.3) is 5.56 Å². The van der Waals surface area contributed by atoms with Gasteiger partial charge in [0.15, 0.2) is 0 Å². The van der Waals surface area contributed by atoms with E-state index in [1.165, 1.54) is 0 Å². The molecular weight excluding hydrogens is 276 g/mol. The third-order valence-electron chi connectivity index (χ3n) is 3.94. The molecule has 3 aromatic rings. The van der Waals surface area contributed by atoms with Crippen LogP contribution in [0.15, 0.2) is 53.3 Å². The van der Waals surface area contributed by atoms with Gasteiger partial charge < -0.3 is 15.5 Å². The van der Waals surface area contributed by atoms with Crippen molar-refractivity contribution < 1.29 is 4.74 Å². The van der Waals surface area contributed by atoms with Crippen LogP contribution in [0, 0.1) is 6.92 Å². The van der Waals surface area contributed by atoms with Crippen molar-refractivity contribution in [2.75, 3.05) is 7.11 Å². The number of nitrogens with one attached hydrogen (secondary N) is 1. The van der Waals surface area contributed by atoms with Gasteiger partial charge in [-0.05, 0) is 42.3 Å². The second kappa shape index (κ2) is 5.66. The number of aryl methyl sites for hydroxylation is 1. The molecule has 1 unspecified atom stereocenters. The number of pyridine rings is 1. The van der Waals surface area contributed by atoms with Gasteiger partial charge in [0.1, 0.15) is 5.75 Å². The molecular formula is C18H18N2O2. The second-order valence-corrected chi connectivity index (χ2v) is 5.34. The first-order valence-corrected chi connectivity index (χ1v) is 7.12. The first kappa shape index (κ1) is 14.4. The van der Waals surface area contributed by atoms with Gasteiger partial charge in [-0.1, -0.05) is 24.3 Å². The van der Waals surface area contributed by atoms with Crippen molar-refractivity contribution in [3.8, 4) is 5.75 Å². The molecule has 0 saturated carbocycles. The SMILES string of the molecule is COc1ccc2[nH]c(=O)c(C(N)c3ccccc3C)cc2c1. The largest absolute Gasteiger partial charge is 0.497 e. The lowest BCUT2D eigenvalue weighted by molar-refractivity contribution is 0.415. The summed E-state index contributed by atoms with van der Waals surface area (Å²) in [7, 11) is 1.62. The van der Waals surface area contributed by atoms with E-state index >= 15 is 0 Å². The van der Waals surface area contributed by atoms with E-state index in [2.05, 4.69) is 4.98 Å². The first-order valence-electron chi connectivity index (χ1n) is 7.12. The number of H-pyrrole nitrogens is 1. The number of methoxy groups -OCH3 is 1. The number of rotatable bonds is 3. The summed E-state index contributed by atoms with van der Waals surface area (Å²) >= 11 is 0. The highest BCUT2D eigenvalue weighted by Crippen LogP contribution is 2.24. The van der Waals surface area contributed by atoms with Crippen molar-refractivity contribution in [2.45, 2.75) is 13.0 Å². The molecule has 1 heterocycles. The van der Waals surface area contributed by atoms with Gasteiger partial charge in [-0.25, -0.2) is 0 Å². The summed E-state index contributed by atoms with van der Waals surface area (Å²) in [6, 6.07) is 14.8. The molecule has 0 aliphatic carbocycles. The van der Waals surface area contributed by atoms with Crippen LogP contribution in [0.25, 0.3) is 10.9 Å². The molecule has 3 rings (SSSR count). The molecule has 3 N–H and O–H groups in total. The van der Waals surface area contributed by atoms with E-state index in [-0.39, 0.29) is 5.56 Å². The number of benzene rings is 2. The number of fused-ring (bicyclic) bond motifs is 1. The van der Waals surface area contributed by atoms with Crippen molar-refractivity contribution in [3.63, 3.8) is 0 Å². The molecule has 112 valence electrons. The van der Waals surface area contributed by atoms with Crippen molar-refractivity contribution in [1.82, 2.24) is 4.98 Å². The predicted molar refractivity (Wildman–Crippen MR) is 88.3 cm³/mol. The van der Waals surface area contributed by atoms with Gasteiger partial charge in [0.2, 0.25) is 0 Å². The van der Waals surface area contributed by atoms with Crippen molar-refractivity contribution in [2.24, 2.45) is 5.73 Å². The summed E-state index contributed by atoms with van der Waals surface area (Å²) < 4.78 is 5.23. The topological polar surface area (TPSA) is 68.1 Å². The Bertz CT molecular complexity index is 884. The zero-order chi connectivity index (χ0) is 15.7. The molecule has 1 aromatic heterocycles. The van der Waals surface area contributed by atoms with Gasteiger partial charge in [0, 0.05) is 16.5 Å². The molecule has 0 aliphatic rings. The average molecular weight is 294 g/mol. The Labute approximate surface area is 128 Å². The maximum Gasteiger partial charge on any atom is 0.253 e. The Morgan fingerprint density at radius 2 is 1.86 bits per heavy atom. The lowest BCUT2D eigenvalue weighted by atomic mass is 9.96. The van der Waals surface area contributed by atoms with Crippen LogP contribution in [0.5, 0.6) is 5.75 Å². The van der Waals surface area contributed by atoms with Gasteiger partial charge in [-0.15, -0.1) is 0 Å². The van der Waals surface area contributed by atoms with Gasteiger partial charge in [-0.2, -0.15) is 0 Å². The fourth-order valence-electron chi connectivity index (χ4n) is 2.66. The van der Waals surface area contributed by atoms with E-state index < -0.39 is 6.04 Å². The molecule has 0 radical (unpaired) electrons. The minimum absolute atomic E-state index is 0.159. The number of ether oxygens (including phenoxy) is 1. The molecule has 1 atom stereocenters. The fraction of sp³-hybridized carbons (Fsp3) is 0.167. The molecule has 0 amide bonds. The van der Waals surface area contributed by atoms with Crippen molar-refractivity contribution >= 4 is 10.9 Å². The Hall–Kier alpha value is -2.59. The number of hydrogen-bond acceptors (Lipinski definition) is 3. The average Bonchev–Trinajstić information content (AvgIpc) is 2.53. The Kier molecular flexibility index (Phi) is 3.69. The summed E-state index contributed by atoms with van der Waals surface area (Å²) in [6.07, 6.45) is 0. The van der Waals surface area contributed by atoms with Crippen LogP contribution < -0.4 is 16.0 Å². The number of aromatic nitrogens is 1. The third kappa shape index (κ3) is 2.49. The molecule has 0 bridgehead atoms. The normalized spacial score (nSPS) is 12.3. The summed E-state index contributed by atoms with van der Waals surface area (Å²) in [5, 5.41) is 0.901. The molecule has 4 heteroatoms. The summed E-state index contributed by atoms with van der Waals surface area (Å²) in [5.41, 5.74) is 9.51.